The Hall–Kier alpha value is -3.06. The zero-order valence-corrected chi connectivity index (χ0v) is 15.0. The molecule has 0 heterocycles. The molecule has 0 aliphatic rings. The Morgan fingerprint density at radius 2 is 1.69 bits per heavy atom. The number of amides is 2. The van der Waals surface area contributed by atoms with Crippen molar-refractivity contribution in [1.82, 2.24) is 0 Å². The summed E-state index contributed by atoms with van der Waals surface area (Å²) < 4.78 is 15.2. The van der Waals surface area contributed by atoms with E-state index in [9.17, 15) is 9.59 Å². The molecule has 0 aliphatic carbocycles. The van der Waals surface area contributed by atoms with Crippen LogP contribution in [0.5, 0.6) is 5.75 Å². The monoisotopic (exact) mass is 358 g/mol. The van der Waals surface area contributed by atoms with Crippen molar-refractivity contribution in [2.24, 2.45) is 0 Å². The van der Waals surface area contributed by atoms with Crippen LogP contribution in [0.15, 0.2) is 48.5 Å². The molecule has 2 aromatic rings. The third-order valence-electron chi connectivity index (χ3n) is 3.64. The molecule has 0 radical (unpaired) electrons. The van der Waals surface area contributed by atoms with Crippen LogP contribution in [0.25, 0.3) is 0 Å². The highest BCUT2D eigenvalue weighted by Gasteiger charge is 2.14. The molecule has 1 N–H and O–H groups in total. The number of nitrogens with zero attached hydrogens (tertiary/aromatic N) is 1. The summed E-state index contributed by atoms with van der Waals surface area (Å²) in [5.74, 6) is 0.205. The molecular weight excluding hydrogens is 336 g/mol. The first-order valence-corrected chi connectivity index (χ1v) is 8.00. The summed E-state index contributed by atoms with van der Waals surface area (Å²) in [5.41, 5.74) is 1.68. The van der Waals surface area contributed by atoms with E-state index in [4.69, 9.17) is 9.47 Å². The lowest BCUT2D eigenvalue weighted by molar-refractivity contribution is 0.101. The first-order chi connectivity index (χ1) is 12.6. The second kappa shape index (κ2) is 9.43. The smallest absolute Gasteiger partial charge is 0.413 e. The van der Waals surface area contributed by atoms with Crippen molar-refractivity contribution in [3.8, 4) is 5.75 Å². The van der Waals surface area contributed by atoms with E-state index < -0.39 is 6.09 Å². The number of rotatable bonds is 7. The molecule has 0 fully saturated rings. The van der Waals surface area contributed by atoms with Crippen molar-refractivity contribution in [2.75, 3.05) is 44.7 Å². The fraction of sp³-hybridized carbons (Fsp3) is 0.263. The lowest BCUT2D eigenvalue weighted by Crippen LogP contribution is -2.25. The van der Waals surface area contributed by atoms with Gasteiger partial charge in [0.1, 0.15) is 12.4 Å². The summed E-state index contributed by atoms with van der Waals surface area (Å²) in [7, 11) is 4.51. The Morgan fingerprint density at radius 3 is 2.35 bits per heavy atom. The summed E-state index contributed by atoms with van der Waals surface area (Å²) in [5, 5.41) is 2.81. The van der Waals surface area contributed by atoms with Gasteiger partial charge in [0.2, 0.25) is 0 Å². The van der Waals surface area contributed by atoms with Crippen LogP contribution < -0.4 is 15.0 Å². The van der Waals surface area contributed by atoms with Gasteiger partial charge in [-0.05, 0) is 36.4 Å². The fourth-order valence-corrected chi connectivity index (χ4v) is 2.22. The summed E-state index contributed by atoms with van der Waals surface area (Å²) in [6.45, 7) is 0.792. The number of carbonyl (C=O) groups excluding carboxylic acids is 2. The van der Waals surface area contributed by atoms with Gasteiger partial charge < -0.3 is 19.5 Å². The predicted octanol–water partition coefficient (Wildman–Crippen LogP) is 3.17. The molecular formula is C19H22N2O5. The fourth-order valence-electron chi connectivity index (χ4n) is 2.22. The van der Waals surface area contributed by atoms with Crippen molar-refractivity contribution in [2.45, 2.75) is 0 Å². The highest BCUT2D eigenvalue weighted by atomic mass is 16.5. The van der Waals surface area contributed by atoms with E-state index in [2.05, 4.69) is 10.1 Å². The average molecular weight is 358 g/mol. The highest BCUT2D eigenvalue weighted by Crippen LogP contribution is 2.21. The molecule has 2 aromatic carbocycles. The molecule has 0 spiro atoms. The van der Waals surface area contributed by atoms with Crippen LogP contribution in [-0.4, -0.2) is 46.5 Å². The predicted molar refractivity (Wildman–Crippen MR) is 99.0 cm³/mol. The van der Waals surface area contributed by atoms with Gasteiger partial charge in [0, 0.05) is 25.5 Å². The SMILES string of the molecule is COCCOc1ccccc1C(=O)Nc1ccc(N(C)C(=O)OC)cc1. The van der Waals surface area contributed by atoms with Crippen LogP contribution in [0.4, 0.5) is 16.2 Å². The maximum atomic E-state index is 12.5. The first-order valence-electron chi connectivity index (χ1n) is 8.00. The number of benzene rings is 2. The van der Waals surface area contributed by atoms with Crippen LogP contribution in [0.3, 0.4) is 0 Å². The van der Waals surface area contributed by atoms with Gasteiger partial charge in [-0.2, -0.15) is 0 Å². The van der Waals surface area contributed by atoms with E-state index in [-0.39, 0.29) is 5.91 Å². The van der Waals surface area contributed by atoms with Crippen LogP contribution in [-0.2, 0) is 9.47 Å². The molecule has 0 atom stereocenters. The zero-order chi connectivity index (χ0) is 18.9. The molecule has 0 saturated carbocycles. The second-order valence-electron chi connectivity index (χ2n) is 5.37. The van der Waals surface area contributed by atoms with Crippen LogP contribution >= 0.6 is 0 Å². The Kier molecular flexibility index (Phi) is 6.99. The van der Waals surface area contributed by atoms with Gasteiger partial charge in [0.25, 0.3) is 5.91 Å². The third kappa shape index (κ3) is 4.97. The van der Waals surface area contributed by atoms with Crippen LogP contribution in [0, 0.1) is 0 Å². The number of carbonyl (C=O) groups is 2. The van der Waals surface area contributed by atoms with Gasteiger partial charge in [-0.1, -0.05) is 12.1 Å². The minimum absolute atomic E-state index is 0.285. The molecule has 2 rings (SSSR count). The Morgan fingerprint density at radius 1 is 1.00 bits per heavy atom. The lowest BCUT2D eigenvalue weighted by atomic mass is 10.1. The second-order valence-corrected chi connectivity index (χ2v) is 5.37. The number of nitrogens with one attached hydrogen (secondary N) is 1. The molecule has 0 aromatic heterocycles. The van der Waals surface area contributed by atoms with Gasteiger partial charge in [-0.15, -0.1) is 0 Å². The van der Waals surface area contributed by atoms with Gasteiger partial charge in [0.05, 0.1) is 19.3 Å². The van der Waals surface area contributed by atoms with Crippen LogP contribution in [0.1, 0.15) is 10.4 Å². The molecule has 2 amide bonds. The highest BCUT2D eigenvalue weighted by molar-refractivity contribution is 6.06. The normalized spacial score (nSPS) is 10.1. The van der Waals surface area contributed by atoms with E-state index in [1.54, 1.807) is 62.7 Å². The third-order valence-corrected chi connectivity index (χ3v) is 3.64. The van der Waals surface area contributed by atoms with Crippen molar-refractivity contribution in [3.05, 3.63) is 54.1 Å². The van der Waals surface area contributed by atoms with Crippen molar-refractivity contribution in [3.63, 3.8) is 0 Å². The van der Waals surface area contributed by atoms with E-state index >= 15 is 0 Å². The maximum Gasteiger partial charge on any atom is 0.413 e. The average Bonchev–Trinajstić information content (AvgIpc) is 2.68. The van der Waals surface area contributed by atoms with Crippen molar-refractivity contribution in [1.29, 1.82) is 0 Å². The Bertz CT molecular complexity index is 746. The topological polar surface area (TPSA) is 77.1 Å². The molecule has 0 aliphatic heterocycles. The summed E-state index contributed by atoms with van der Waals surface area (Å²) >= 11 is 0. The van der Waals surface area contributed by atoms with Gasteiger partial charge >= 0.3 is 6.09 Å². The number of ether oxygens (including phenoxy) is 3. The van der Waals surface area contributed by atoms with Crippen LogP contribution in [0.2, 0.25) is 0 Å². The van der Waals surface area contributed by atoms with Crippen molar-refractivity contribution >= 4 is 23.4 Å². The quantitative estimate of drug-likeness (QED) is 0.769. The molecule has 0 bridgehead atoms. The molecule has 7 heteroatoms. The summed E-state index contributed by atoms with van der Waals surface area (Å²) in [4.78, 5) is 25.4. The standard InChI is InChI=1S/C19H22N2O5/c1-21(19(23)25-3)15-10-8-14(9-11-15)20-18(22)16-6-4-5-7-17(16)26-13-12-24-2/h4-11H,12-13H2,1-3H3,(H,20,22). The minimum Gasteiger partial charge on any atom is -0.490 e. The molecule has 0 unspecified atom stereocenters. The van der Waals surface area contributed by atoms with Crippen molar-refractivity contribution < 1.29 is 23.8 Å². The lowest BCUT2D eigenvalue weighted by Gasteiger charge is -2.16. The number of para-hydroxylation sites is 1. The number of anilines is 2. The van der Waals surface area contributed by atoms with E-state index in [1.807, 2.05) is 0 Å². The number of hydrogen-bond donors (Lipinski definition) is 1. The van der Waals surface area contributed by atoms with E-state index in [1.165, 1.54) is 12.0 Å². The van der Waals surface area contributed by atoms with E-state index in [0.29, 0.717) is 35.9 Å². The Labute approximate surface area is 152 Å². The minimum atomic E-state index is -0.469. The van der Waals surface area contributed by atoms with E-state index in [0.717, 1.165) is 0 Å². The van der Waals surface area contributed by atoms with Gasteiger partial charge in [-0.25, -0.2) is 4.79 Å². The Balaban J connectivity index is 2.07. The molecule has 7 nitrogen and oxygen atoms in total. The zero-order valence-electron chi connectivity index (χ0n) is 15.0. The maximum absolute atomic E-state index is 12.5. The van der Waals surface area contributed by atoms with Gasteiger partial charge in [-0.3, -0.25) is 9.69 Å². The number of hydrogen-bond acceptors (Lipinski definition) is 5. The first kappa shape index (κ1) is 19.3. The molecule has 138 valence electrons. The molecule has 26 heavy (non-hydrogen) atoms. The number of methoxy groups -OCH3 is 2. The molecule has 0 saturated heterocycles. The summed E-state index contributed by atoms with van der Waals surface area (Å²) in [6.07, 6.45) is -0.469. The largest absolute Gasteiger partial charge is 0.490 e. The van der Waals surface area contributed by atoms with Gasteiger partial charge in [0.15, 0.2) is 0 Å². The summed E-state index contributed by atoms with van der Waals surface area (Å²) in [6, 6.07) is 13.8.